The summed E-state index contributed by atoms with van der Waals surface area (Å²) in [5, 5.41) is 6.03. The fourth-order valence-electron chi connectivity index (χ4n) is 2.40. The molecule has 5 heteroatoms. The number of primary amides is 1. The number of nitrogens with one attached hydrogen (secondary N) is 2. The number of benzene rings is 2. The molecule has 0 spiro atoms. The summed E-state index contributed by atoms with van der Waals surface area (Å²) in [4.78, 5) is 23.4. The molecule has 0 fully saturated rings. The van der Waals surface area contributed by atoms with Crippen molar-refractivity contribution >= 4 is 23.2 Å². The predicted octanol–water partition coefficient (Wildman–Crippen LogP) is 2.01. The fourth-order valence-corrected chi connectivity index (χ4v) is 2.40. The number of hydrogen-bond donors (Lipinski definition) is 3. The van der Waals surface area contributed by atoms with Gasteiger partial charge in [-0.2, -0.15) is 0 Å². The molecule has 1 aliphatic rings. The maximum Gasteiger partial charge on any atom is 0.255 e. The summed E-state index contributed by atoms with van der Waals surface area (Å²) in [6.45, 7) is 0.904. The van der Waals surface area contributed by atoms with Crippen LogP contribution in [0.1, 0.15) is 26.3 Å². The Morgan fingerprint density at radius 2 is 1.95 bits per heavy atom. The second kappa shape index (κ2) is 5.28. The first kappa shape index (κ1) is 13.2. The Balaban J connectivity index is 1.80. The number of nitrogens with two attached hydrogens (primary N) is 1. The minimum absolute atomic E-state index is 0.202. The predicted molar refractivity (Wildman–Crippen MR) is 81.5 cm³/mol. The lowest BCUT2D eigenvalue weighted by molar-refractivity contribution is 0.0996. The van der Waals surface area contributed by atoms with Crippen LogP contribution in [0.15, 0.2) is 42.5 Å². The van der Waals surface area contributed by atoms with Crippen LogP contribution in [0.5, 0.6) is 0 Å². The fraction of sp³-hybridized carbons (Fsp3) is 0.125. The number of hydrogen-bond acceptors (Lipinski definition) is 3. The van der Waals surface area contributed by atoms with Crippen LogP contribution in [-0.4, -0.2) is 18.4 Å². The lowest BCUT2D eigenvalue weighted by atomic mass is 10.1. The van der Waals surface area contributed by atoms with Crippen LogP contribution >= 0.6 is 0 Å². The second-order valence-electron chi connectivity index (χ2n) is 4.95. The molecule has 0 aromatic heterocycles. The summed E-state index contributed by atoms with van der Waals surface area (Å²) >= 11 is 0. The molecule has 0 aliphatic carbocycles. The van der Waals surface area contributed by atoms with Crippen molar-refractivity contribution in [3.8, 4) is 0 Å². The maximum atomic E-state index is 12.2. The molecule has 1 aliphatic heterocycles. The first-order valence-electron chi connectivity index (χ1n) is 6.71. The average molecular weight is 281 g/mol. The van der Waals surface area contributed by atoms with Crippen molar-refractivity contribution in [2.75, 3.05) is 17.2 Å². The highest BCUT2D eigenvalue weighted by molar-refractivity contribution is 6.05. The van der Waals surface area contributed by atoms with E-state index in [9.17, 15) is 9.59 Å². The molecule has 0 radical (unpaired) electrons. The molecule has 2 amide bonds. The van der Waals surface area contributed by atoms with Crippen LogP contribution in [-0.2, 0) is 6.42 Å². The Morgan fingerprint density at radius 3 is 2.76 bits per heavy atom. The second-order valence-corrected chi connectivity index (χ2v) is 4.95. The van der Waals surface area contributed by atoms with Gasteiger partial charge in [-0.25, -0.2) is 0 Å². The van der Waals surface area contributed by atoms with Gasteiger partial charge >= 0.3 is 0 Å². The van der Waals surface area contributed by atoms with Gasteiger partial charge in [-0.15, -0.1) is 0 Å². The van der Waals surface area contributed by atoms with Crippen molar-refractivity contribution in [1.82, 2.24) is 0 Å². The zero-order chi connectivity index (χ0) is 14.8. The van der Waals surface area contributed by atoms with Gasteiger partial charge in [0.1, 0.15) is 0 Å². The minimum atomic E-state index is -0.519. The molecule has 4 N–H and O–H groups in total. The molecule has 0 saturated heterocycles. The van der Waals surface area contributed by atoms with E-state index in [2.05, 4.69) is 10.6 Å². The average Bonchev–Trinajstić information content (AvgIpc) is 2.94. The highest BCUT2D eigenvalue weighted by Crippen LogP contribution is 2.23. The molecule has 21 heavy (non-hydrogen) atoms. The van der Waals surface area contributed by atoms with E-state index in [0.29, 0.717) is 16.8 Å². The van der Waals surface area contributed by atoms with Gasteiger partial charge in [0, 0.05) is 29.0 Å². The molecular formula is C16H15N3O2. The van der Waals surface area contributed by atoms with Gasteiger partial charge in [0.05, 0.1) is 0 Å². The van der Waals surface area contributed by atoms with Crippen LogP contribution in [0.3, 0.4) is 0 Å². The van der Waals surface area contributed by atoms with Crippen molar-refractivity contribution in [3.05, 3.63) is 59.2 Å². The highest BCUT2D eigenvalue weighted by atomic mass is 16.2. The van der Waals surface area contributed by atoms with E-state index >= 15 is 0 Å². The summed E-state index contributed by atoms with van der Waals surface area (Å²) in [5.74, 6) is -0.721. The van der Waals surface area contributed by atoms with Crippen LogP contribution in [0.4, 0.5) is 11.4 Å². The summed E-state index contributed by atoms with van der Waals surface area (Å²) in [5.41, 5.74) is 8.98. The van der Waals surface area contributed by atoms with Crippen molar-refractivity contribution in [1.29, 1.82) is 0 Å². The normalized spacial score (nSPS) is 12.4. The topological polar surface area (TPSA) is 84.2 Å². The SMILES string of the molecule is NC(=O)c1cccc(NC(=O)c2ccc3c(c2)CCN3)c1. The van der Waals surface area contributed by atoms with E-state index in [1.807, 2.05) is 12.1 Å². The number of carbonyl (C=O) groups is 2. The third-order valence-electron chi connectivity index (χ3n) is 3.48. The van der Waals surface area contributed by atoms with Crippen molar-refractivity contribution in [2.45, 2.75) is 6.42 Å². The number of rotatable bonds is 3. The molecule has 3 rings (SSSR count). The smallest absolute Gasteiger partial charge is 0.255 e. The highest BCUT2D eigenvalue weighted by Gasteiger charge is 2.13. The molecule has 0 bridgehead atoms. The zero-order valence-electron chi connectivity index (χ0n) is 11.3. The Bertz CT molecular complexity index is 725. The standard InChI is InChI=1S/C16H15N3O2/c17-15(20)11-2-1-3-13(9-11)19-16(21)12-4-5-14-10(8-12)6-7-18-14/h1-5,8-9,18H,6-7H2,(H2,17,20)(H,19,21). The number of fused-ring (bicyclic) bond motifs is 1. The summed E-state index contributed by atoms with van der Waals surface area (Å²) in [6, 6.07) is 12.2. The van der Waals surface area contributed by atoms with E-state index in [0.717, 1.165) is 24.2 Å². The monoisotopic (exact) mass is 281 g/mol. The van der Waals surface area contributed by atoms with E-state index in [1.165, 1.54) is 0 Å². The number of carbonyl (C=O) groups excluding carboxylic acids is 2. The van der Waals surface area contributed by atoms with Gasteiger partial charge in [0.25, 0.3) is 5.91 Å². The molecule has 106 valence electrons. The van der Waals surface area contributed by atoms with E-state index in [1.54, 1.807) is 30.3 Å². The third kappa shape index (κ3) is 2.72. The Hall–Kier alpha value is -2.82. The van der Waals surface area contributed by atoms with Gasteiger partial charge in [-0.05, 0) is 48.4 Å². The van der Waals surface area contributed by atoms with Gasteiger partial charge in [0.15, 0.2) is 0 Å². The first-order valence-corrected chi connectivity index (χ1v) is 6.71. The molecule has 5 nitrogen and oxygen atoms in total. The van der Waals surface area contributed by atoms with Crippen molar-refractivity contribution in [3.63, 3.8) is 0 Å². The van der Waals surface area contributed by atoms with Crippen LogP contribution in [0.25, 0.3) is 0 Å². The molecule has 2 aromatic carbocycles. The Morgan fingerprint density at radius 1 is 1.10 bits per heavy atom. The molecule has 0 saturated carbocycles. The Kier molecular flexibility index (Phi) is 3.31. The van der Waals surface area contributed by atoms with Gasteiger partial charge < -0.3 is 16.4 Å². The molecule has 0 unspecified atom stereocenters. The largest absolute Gasteiger partial charge is 0.384 e. The first-order chi connectivity index (χ1) is 10.1. The van der Waals surface area contributed by atoms with E-state index in [4.69, 9.17) is 5.73 Å². The quantitative estimate of drug-likeness (QED) is 0.804. The van der Waals surface area contributed by atoms with Gasteiger partial charge in [-0.3, -0.25) is 9.59 Å². The molecule has 0 atom stereocenters. The third-order valence-corrected chi connectivity index (χ3v) is 3.48. The zero-order valence-corrected chi connectivity index (χ0v) is 11.3. The molecule has 2 aromatic rings. The summed E-state index contributed by atoms with van der Waals surface area (Å²) in [6.07, 6.45) is 0.924. The lowest BCUT2D eigenvalue weighted by Gasteiger charge is -2.08. The van der Waals surface area contributed by atoms with Crippen LogP contribution in [0, 0.1) is 0 Å². The summed E-state index contributed by atoms with van der Waals surface area (Å²) < 4.78 is 0. The van der Waals surface area contributed by atoms with Gasteiger partial charge in [0.2, 0.25) is 5.91 Å². The maximum absolute atomic E-state index is 12.2. The minimum Gasteiger partial charge on any atom is -0.384 e. The molecule has 1 heterocycles. The van der Waals surface area contributed by atoms with Crippen molar-refractivity contribution < 1.29 is 9.59 Å². The van der Waals surface area contributed by atoms with E-state index in [-0.39, 0.29) is 5.91 Å². The number of anilines is 2. The van der Waals surface area contributed by atoms with Crippen LogP contribution < -0.4 is 16.4 Å². The van der Waals surface area contributed by atoms with Gasteiger partial charge in [-0.1, -0.05) is 6.07 Å². The number of amides is 2. The Labute approximate surface area is 122 Å². The molecular weight excluding hydrogens is 266 g/mol. The van der Waals surface area contributed by atoms with Crippen molar-refractivity contribution in [2.24, 2.45) is 5.73 Å². The lowest BCUT2D eigenvalue weighted by Crippen LogP contribution is -2.14. The summed E-state index contributed by atoms with van der Waals surface area (Å²) in [7, 11) is 0. The van der Waals surface area contributed by atoms with Crippen LogP contribution in [0.2, 0.25) is 0 Å². The van der Waals surface area contributed by atoms with E-state index < -0.39 is 5.91 Å².